The lowest BCUT2D eigenvalue weighted by atomic mass is 9.99. The first-order chi connectivity index (χ1) is 9.69. The molecule has 0 bridgehead atoms. The zero-order valence-electron chi connectivity index (χ0n) is 10.9. The summed E-state index contributed by atoms with van der Waals surface area (Å²) in [5, 5.41) is 0. The average Bonchev–Trinajstić information content (AvgIpc) is 2.93. The predicted molar refractivity (Wildman–Crippen MR) is 71.5 cm³/mol. The predicted octanol–water partition coefficient (Wildman–Crippen LogP) is 2.61. The monoisotopic (exact) mass is 275 g/mol. The van der Waals surface area contributed by atoms with Crippen LogP contribution in [0.15, 0.2) is 36.4 Å². The number of methoxy groups -OCH3 is 1. The zero-order valence-corrected chi connectivity index (χ0v) is 10.9. The van der Waals surface area contributed by atoms with Gasteiger partial charge in [0.25, 0.3) is 0 Å². The fourth-order valence-electron chi connectivity index (χ4n) is 2.18. The number of benzene rings is 2. The molecule has 2 N–H and O–H groups in total. The van der Waals surface area contributed by atoms with E-state index in [4.69, 9.17) is 19.9 Å². The van der Waals surface area contributed by atoms with Crippen LogP contribution in [0.4, 0.5) is 4.39 Å². The Kier molecular flexibility index (Phi) is 3.20. The molecule has 3 rings (SSSR count). The van der Waals surface area contributed by atoms with Gasteiger partial charge in [-0.3, -0.25) is 0 Å². The molecule has 0 saturated heterocycles. The fourth-order valence-corrected chi connectivity index (χ4v) is 2.18. The molecule has 1 aliphatic heterocycles. The summed E-state index contributed by atoms with van der Waals surface area (Å²) in [6.07, 6.45) is 0. The number of hydrogen-bond donors (Lipinski definition) is 1. The van der Waals surface area contributed by atoms with Crippen molar-refractivity contribution >= 4 is 0 Å². The third-order valence-electron chi connectivity index (χ3n) is 3.29. The molecule has 4 nitrogen and oxygen atoms in total. The minimum atomic E-state index is -0.440. The number of rotatable bonds is 3. The molecule has 0 aliphatic carbocycles. The van der Waals surface area contributed by atoms with Crippen LogP contribution >= 0.6 is 0 Å². The summed E-state index contributed by atoms with van der Waals surface area (Å²) >= 11 is 0. The van der Waals surface area contributed by atoms with E-state index in [0.717, 1.165) is 5.56 Å². The zero-order chi connectivity index (χ0) is 14.1. The van der Waals surface area contributed by atoms with Gasteiger partial charge in [0.15, 0.2) is 23.1 Å². The Labute approximate surface area is 115 Å². The molecule has 20 heavy (non-hydrogen) atoms. The molecule has 5 heteroatoms. The van der Waals surface area contributed by atoms with E-state index in [1.54, 1.807) is 18.2 Å². The molecule has 2 aromatic carbocycles. The van der Waals surface area contributed by atoms with Crippen molar-refractivity contribution in [3.8, 4) is 17.2 Å². The minimum absolute atomic E-state index is 0.201. The molecular formula is C15H14FNO3. The molecule has 1 unspecified atom stereocenters. The third-order valence-corrected chi connectivity index (χ3v) is 3.29. The second-order valence-corrected chi connectivity index (χ2v) is 4.48. The summed E-state index contributed by atoms with van der Waals surface area (Å²) in [5.41, 5.74) is 7.67. The first kappa shape index (κ1) is 12.7. The highest BCUT2D eigenvalue weighted by Crippen LogP contribution is 2.35. The van der Waals surface area contributed by atoms with Crippen LogP contribution in [0, 0.1) is 5.82 Å². The van der Waals surface area contributed by atoms with Crippen LogP contribution in [0.2, 0.25) is 0 Å². The lowest BCUT2D eigenvalue weighted by molar-refractivity contribution is 0.174. The highest BCUT2D eigenvalue weighted by atomic mass is 19.1. The van der Waals surface area contributed by atoms with E-state index >= 15 is 0 Å². The molecular weight excluding hydrogens is 261 g/mol. The van der Waals surface area contributed by atoms with Crippen LogP contribution < -0.4 is 19.9 Å². The fraction of sp³-hybridized carbons (Fsp3) is 0.200. The summed E-state index contributed by atoms with van der Waals surface area (Å²) < 4.78 is 29.2. The molecule has 0 radical (unpaired) electrons. The Morgan fingerprint density at radius 1 is 1.10 bits per heavy atom. The minimum Gasteiger partial charge on any atom is -0.494 e. The van der Waals surface area contributed by atoms with E-state index < -0.39 is 11.9 Å². The van der Waals surface area contributed by atoms with Gasteiger partial charge < -0.3 is 19.9 Å². The number of fused-ring (bicyclic) bond motifs is 1. The van der Waals surface area contributed by atoms with Crippen molar-refractivity contribution in [2.24, 2.45) is 5.73 Å². The maximum Gasteiger partial charge on any atom is 0.231 e. The average molecular weight is 275 g/mol. The van der Waals surface area contributed by atoms with E-state index in [9.17, 15) is 4.39 Å². The van der Waals surface area contributed by atoms with E-state index in [-0.39, 0.29) is 12.5 Å². The van der Waals surface area contributed by atoms with Crippen molar-refractivity contribution in [2.75, 3.05) is 13.9 Å². The summed E-state index contributed by atoms with van der Waals surface area (Å²) in [5.74, 6) is 1.13. The molecule has 2 aromatic rings. The molecule has 0 spiro atoms. The lowest BCUT2D eigenvalue weighted by Gasteiger charge is -2.14. The molecule has 0 fully saturated rings. The van der Waals surface area contributed by atoms with Gasteiger partial charge in [0.2, 0.25) is 6.79 Å². The van der Waals surface area contributed by atoms with Crippen molar-refractivity contribution in [2.45, 2.75) is 6.04 Å². The van der Waals surface area contributed by atoms with Gasteiger partial charge in [-0.1, -0.05) is 12.1 Å². The lowest BCUT2D eigenvalue weighted by Crippen LogP contribution is -2.12. The van der Waals surface area contributed by atoms with Crippen LogP contribution in [-0.2, 0) is 0 Å². The van der Waals surface area contributed by atoms with E-state index in [1.165, 1.54) is 13.2 Å². The number of hydrogen-bond acceptors (Lipinski definition) is 4. The van der Waals surface area contributed by atoms with Crippen LogP contribution in [-0.4, -0.2) is 13.9 Å². The molecule has 0 aromatic heterocycles. The summed E-state index contributed by atoms with van der Waals surface area (Å²) in [7, 11) is 1.43. The largest absolute Gasteiger partial charge is 0.494 e. The SMILES string of the molecule is COc1ccc(C(N)c2ccc3c(c2)OCO3)cc1F. The summed E-state index contributed by atoms with van der Waals surface area (Å²) in [4.78, 5) is 0. The normalized spacial score (nSPS) is 14.2. The Morgan fingerprint density at radius 3 is 2.55 bits per heavy atom. The maximum absolute atomic E-state index is 13.7. The quantitative estimate of drug-likeness (QED) is 0.935. The Hall–Kier alpha value is -2.27. The van der Waals surface area contributed by atoms with Crippen LogP contribution in [0.3, 0.4) is 0 Å². The molecule has 1 aliphatic rings. The molecule has 1 heterocycles. The van der Waals surface area contributed by atoms with Gasteiger partial charge in [0, 0.05) is 0 Å². The van der Waals surface area contributed by atoms with Gasteiger partial charge in [-0.15, -0.1) is 0 Å². The Morgan fingerprint density at radius 2 is 1.80 bits per heavy atom. The smallest absolute Gasteiger partial charge is 0.231 e. The molecule has 1 atom stereocenters. The van der Waals surface area contributed by atoms with Gasteiger partial charge >= 0.3 is 0 Å². The van der Waals surface area contributed by atoms with Crippen LogP contribution in [0.5, 0.6) is 17.2 Å². The summed E-state index contributed by atoms with van der Waals surface area (Å²) in [6.45, 7) is 0.213. The number of ether oxygens (including phenoxy) is 3. The van der Waals surface area contributed by atoms with E-state index in [0.29, 0.717) is 17.1 Å². The first-order valence-electron chi connectivity index (χ1n) is 6.17. The standard InChI is InChI=1S/C15H14FNO3/c1-18-12-4-2-9(6-11(12)16)15(17)10-3-5-13-14(7-10)20-8-19-13/h2-7,15H,8,17H2,1H3. The number of nitrogens with two attached hydrogens (primary N) is 1. The van der Waals surface area contributed by atoms with Crippen molar-refractivity contribution in [1.29, 1.82) is 0 Å². The highest BCUT2D eigenvalue weighted by Gasteiger charge is 2.17. The van der Waals surface area contributed by atoms with Gasteiger partial charge in [-0.25, -0.2) is 4.39 Å². The van der Waals surface area contributed by atoms with Crippen molar-refractivity contribution in [3.63, 3.8) is 0 Å². The Bertz CT molecular complexity index is 645. The first-order valence-corrected chi connectivity index (χ1v) is 6.17. The highest BCUT2D eigenvalue weighted by molar-refractivity contribution is 5.47. The Balaban J connectivity index is 1.92. The van der Waals surface area contributed by atoms with E-state index in [2.05, 4.69) is 0 Å². The number of halogens is 1. The maximum atomic E-state index is 13.7. The van der Waals surface area contributed by atoms with Crippen LogP contribution in [0.25, 0.3) is 0 Å². The topological polar surface area (TPSA) is 53.7 Å². The van der Waals surface area contributed by atoms with Gasteiger partial charge in [0.05, 0.1) is 13.2 Å². The molecule has 0 amide bonds. The van der Waals surface area contributed by atoms with Crippen LogP contribution in [0.1, 0.15) is 17.2 Å². The van der Waals surface area contributed by atoms with Gasteiger partial charge in [-0.2, -0.15) is 0 Å². The second kappa shape index (κ2) is 5.02. The second-order valence-electron chi connectivity index (χ2n) is 4.48. The van der Waals surface area contributed by atoms with Gasteiger partial charge in [-0.05, 0) is 35.4 Å². The molecule has 104 valence electrons. The third kappa shape index (κ3) is 2.16. The summed E-state index contributed by atoms with van der Waals surface area (Å²) in [6, 6.07) is 9.72. The molecule has 0 saturated carbocycles. The van der Waals surface area contributed by atoms with Crippen molar-refractivity contribution in [1.82, 2.24) is 0 Å². The van der Waals surface area contributed by atoms with E-state index in [1.807, 2.05) is 12.1 Å². The van der Waals surface area contributed by atoms with Crippen molar-refractivity contribution in [3.05, 3.63) is 53.3 Å². The van der Waals surface area contributed by atoms with Gasteiger partial charge in [0.1, 0.15) is 0 Å². The van der Waals surface area contributed by atoms with Crippen molar-refractivity contribution < 1.29 is 18.6 Å².